The second kappa shape index (κ2) is 11.7. The largest absolute Gasteiger partial charge is 0.457 e. The van der Waals surface area contributed by atoms with Crippen LogP contribution in [0.3, 0.4) is 0 Å². The van der Waals surface area contributed by atoms with Gasteiger partial charge in [-0.1, -0.05) is 83.3 Å². The number of ether oxygens (including phenoxy) is 1. The molecule has 0 heterocycles. The molecule has 1 fully saturated rings. The molecule has 1 unspecified atom stereocenters. The number of halogens is 4. The number of hydrogen-bond donors (Lipinski definition) is 0. The Morgan fingerprint density at radius 2 is 1.46 bits per heavy atom. The van der Waals surface area contributed by atoms with Gasteiger partial charge in [0.1, 0.15) is 5.75 Å². The number of rotatable bonds is 11. The Balaban J connectivity index is 1.63. The van der Waals surface area contributed by atoms with E-state index in [2.05, 4.69) is 11.7 Å². The van der Waals surface area contributed by atoms with Crippen LogP contribution in [-0.4, -0.2) is 12.5 Å². The fraction of sp³-hybridized carbons (Fsp3) is 0.739. The lowest BCUT2D eigenvalue weighted by Gasteiger charge is -2.28. The van der Waals surface area contributed by atoms with E-state index in [1.165, 1.54) is 76.3 Å². The summed E-state index contributed by atoms with van der Waals surface area (Å²) in [5, 5.41) is 0. The minimum absolute atomic E-state index is 0.0898. The highest BCUT2D eigenvalue weighted by Gasteiger charge is 2.42. The van der Waals surface area contributed by atoms with E-state index >= 15 is 0 Å². The first-order valence-electron chi connectivity index (χ1n) is 10.8. The highest BCUT2D eigenvalue weighted by atomic mass is 19.4. The van der Waals surface area contributed by atoms with Gasteiger partial charge in [0.25, 0.3) is 0 Å². The predicted octanol–water partition coefficient (Wildman–Crippen LogP) is 8.02. The van der Waals surface area contributed by atoms with Crippen molar-refractivity contribution in [1.29, 1.82) is 0 Å². The number of aryl methyl sites for hydroxylation is 1. The van der Waals surface area contributed by atoms with Crippen LogP contribution in [0.2, 0.25) is 0 Å². The molecule has 0 spiro atoms. The molecular formula is C23H34F4O. The zero-order valence-electron chi connectivity index (χ0n) is 16.9. The van der Waals surface area contributed by atoms with Crippen molar-refractivity contribution in [1.82, 2.24) is 0 Å². The summed E-state index contributed by atoms with van der Waals surface area (Å²) in [6.45, 7) is 2.25. The monoisotopic (exact) mass is 402 g/mol. The average Bonchev–Trinajstić information content (AvgIpc) is 2.67. The molecule has 1 aromatic carbocycles. The maximum absolute atomic E-state index is 12.9. The molecule has 0 saturated heterocycles. The van der Waals surface area contributed by atoms with E-state index < -0.39 is 12.5 Å². The van der Waals surface area contributed by atoms with Gasteiger partial charge in [-0.05, 0) is 42.4 Å². The van der Waals surface area contributed by atoms with Crippen molar-refractivity contribution >= 4 is 0 Å². The number of alkyl halides is 4. The van der Waals surface area contributed by atoms with E-state index in [4.69, 9.17) is 0 Å². The highest BCUT2D eigenvalue weighted by molar-refractivity contribution is 5.27. The normalized spacial score (nSPS) is 21.5. The molecule has 0 aliphatic heterocycles. The van der Waals surface area contributed by atoms with Gasteiger partial charge in [-0.25, -0.2) is 0 Å². The molecule has 1 aliphatic rings. The molecular weight excluding hydrogens is 368 g/mol. The van der Waals surface area contributed by atoms with Crippen LogP contribution in [0.4, 0.5) is 17.6 Å². The minimum atomic E-state index is -4.99. The lowest BCUT2D eigenvalue weighted by atomic mass is 9.78. The summed E-state index contributed by atoms with van der Waals surface area (Å²) in [6.07, 6.45) is 7.14. The Morgan fingerprint density at radius 3 is 2.04 bits per heavy atom. The van der Waals surface area contributed by atoms with Gasteiger partial charge in [-0.3, -0.25) is 0 Å². The molecule has 2 rings (SSSR count). The van der Waals surface area contributed by atoms with Gasteiger partial charge in [0.15, 0.2) is 0 Å². The molecule has 5 heteroatoms. The zero-order valence-corrected chi connectivity index (χ0v) is 16.9. The molecule has 0 radical (unpaired) electrons. The molecule has 1 aliphatic carbocycles. The van der Waals surface area contributed by atoms with E-state index in [0.717, 1.165) is 30.2 Å². The summed E-state index contributed by atoms with van der Waals surface area (Å²) in [5.41, 5.74) is 1.06. The summed E-state index contributed by atoms with van der Waals surface area (Å²) < 4.78 is 53.8. The van der Waals surface area contributed by atoms with Crippen molar-refractivity contribution in [2.45, 2.75) is 96.5 Å². The fourth-order valence-electron chi connectivity index (χ4n) is 4.14. The Hall–Kier alpha value is -1.26. The summed E-state index contributed by atoms with van der Waals surface area (Å²) in [7, 11) is 0. The topological polar surface area (TPSA) is 9.23 Å². The lowest BCUT2D eigenvalue weighted by molar-refractivity contribution is -0.236. The molecule has 1 aromatic rings. The number of hydrogen-bond acceptors (Lipinski definition) is 1. The van der Waals surface area contributed by atoms with E-state index in [9.17, 15) is 17.6 Å². The lowest BCUT2D eigenvalue weighted by Crippen LogP contribution is -2.29. The summed E-state index contributed by atoms with van der Waals surface area (Å²) >= 11 is 0. The Kier molecular flexibility index (Phi) is 9.60. The third kappa shape index (κ3) is 8.40. The molecule has 160 valence electrons. The van der Waals surface area contributed by atoms with Crippen LogP contribution in [0.5, 0.6) is 5.75 Å². The van der Waals surface area contributed by atoms with Crippen LogP contribution in [0, 0.1) is 11.8 Å². The van der Waals surface area contributed by atoms with E-state index in [-0.39, 0.29) is 5.75 Å². The minimum Gasteiger partial charge on any atom is -0.452 e. The predicted molar refractivity (Wildman–Crippen MR) is 105 cm³/mol. The smallest absolute Gasteiger partial charge is 0.452 e. The van der Waals surface area contributed by atoms with Crippen LogP contribution in [-0.2, 0) is 6.42 Å². The first-order chi connectivity index (χ1) is 13.4. The van der Waals surface area contributed by atoms with Gasteiger partial charge in [0.2, 0.25) is 0 Å². The molecule has 0 bridgehead atoms. The van der Waals surface area contributed by atoms with Gasteiger partial charge in [-0.15, -0.1) is 0 Å². The molecule has 1 atom stereocenters. The number of benzene rings is 1. The Labute approximate surface area is 166 Å². The first kappa shape index (κ1) is 23.0. The van der Waals surface area contributed by atoms with Gasteiger partial charge < -0.3 is 4.74 Å². The van der Waals surface area contributed by atoms with E-state index in [1.807, 2.05) is 0 Å². The van der Waals surface area contributed by atoms with Crippen molar-refractivity contribution in [3.63, 3.8) is 0 Å². The standard InChI is InChI=1S/C23H34F4O/c1-2-3-4-5-6-7-18-8-10-19(11-9-18)12-13-20-14-16-21(17-15-20)28-22(24)23(25,26)27/h14-19,22H,2-13H2,1H3/t18-,19-,22?. The summed E-state index contributed by atoms with van der Waals surface area (Å²) in [4.78, 5) is 0. The molecule has 28 heavy (non-hydrogen) atoms. The van der Waals surface area contributed by atoms with Crippen molar-refractivity contribution in [3.8, 4) is 5.75 Å². The summed E-state index contributed by atoms with van der Waals surface area (Å²) in [5.74, 6) is 1.55. The highest BCUT2D eigenvalue weighted by Crippen LogP contribution is 2.34. The maximum atomic E-state index is 12.9. The van der Waals surface area contributed by atoms with Crippen molar-refractivity contribution in [2.24, 2.45) is 11.8 Å². The third-order valence-electron chi connectivity index (χ3n) is 5.94. The zero-order chi connectivity index (χ0) is 20.4. The fourth-order valence-corrected chi connectivity index (χ4v) is 4.14. The molecule has 0 aromatic heterocycles. The van der Waals surface area contributed by atoms with E-state index in [0.29, 0.717) is 0 Å². The third-order valence-corrected chi connectivity index (χ3v) is 5.94. The SMILES string of the molecule is CCCCCCC[C@H]1CC[C@H](CCc2ccc(OC(F)C(F)(F)F)cc2)CC1. The van der Waals surface area contributed by atoms with Crippen molar-refractivity contribution in [2.75, 3.05) is 0 Å². The summed E-state index contributed by atoms with van der Waals surface area (Å²) in [6, 6.07) is 6.31. The van der Waals surface area contributed by atoms with Crippen LogP contribution < -0.4 is 4.74 Å². The Morgan fingerprint density at radius 1 is 0.893 bits per heavy atom. The Bertz CT molecular complexity index is 533. The van der Waals surface area contributed by atoms with Gasteiger partial charge in [0, 0.05) is 0 Å². The van der Waals surface area contributed by atoms with Crippen LogP contribution in [0.15, 0.2) is 24.3 Å². The molecule has 0 N–H and O–H groups in total. The van der Waals surface area contributed by atoms with Crippen LogP contribution >= 0.6 is 0 Å². The molecule has 1 saturated carbocycles. The maximum Gasteiger partial charge on any atom is 0.457 e. The molecule has 0 amide bonds. The van der Waals surface area contributed by atoms with Crippen LogP contribution in [0.1, 0.15) is 83.1 Å². The second-order valence-corrected chi connectivity index (χ2v) is 8.25. The van der Waals surface area contributed by atoms with Gasteiger partial charge >= 0.3 is 12.5 Å². The van der Waals surface area contributed by atoms with Crippen molar-refractivity contribution < 1.29 is 22.3 Å². The molecule has 1 nitrogen and oxygen atoms in total. The first-order valence-corrected chi connectivity index (χ1v) is 10.8. The second-order valence-electron chi connectivity index (χ2n) is 8.25. The van der Waals surface area contributed by atoms with Gasteiger partial charge in [-0.2, -0.15) is 17.6 Å². The number of unbranched alkanes of at least 4 members (excludes halogenated alkanes) is 4. The van der Waals surface area contributed by atoms with Crippen molar-refractivity contribution in [3.05, 3.63) is 29.8 Å². The van der Waals surface area contributed by atoms with Crippen LogP contribution in [0.25, 0.3) is 0 Å². The van der Waals surface area contributed by atoms with Gasteiger partial charge in [0.05, 0.1) is 0 Å². The average molecular weight is 403 g/mol. The quantitative estimate of drug-likeness (QED) is 0.269. The van der Waals surface area contributed by atoms with E-state index in [1.54, 1.807) is 12.1 Å².